The number of hydrogen-bond donors (Lipinski definition) is 12. The maximum Gasteiger partial charge on any atom is 2.00 e. The van der Waals surface area contributed by atoms with Gasteiger partial charge in [0.05, 0.1) is 79.3 Å². The van der Waals surface area contributed by atoms with Crippen LogP contribution < -0.4 is 0 Å². The molecule has 120 heavy (non-hydrogen) atoms. The van der Waals surface area contributed by atoms with Crippen molar-refractivity contribution in [3.63, 3.8) is 0 Å². The number of rotatable bonds is 36. The summed E-state index contributed by atoms with van der Waals surface area (Å²) in [6.45, 7) is 38.5. The standard InChI is InChI=1S/6C13H21NO2.6CNS.6Fe/c6*1-11-3-4-12(2)13(9-11)10-14(5-7-15)6-8-16;6*2-1-3;;;;;;/h6*3-4,9,15-16H,5-8,10H2,1-2H3;;;;;;;;;;;;/q;;;;;;6*-1;6*+2. The number of hydrogen-bond acceptors (Lipinski definition) is 24. The molecule has 6 aromatic rings. The first-order valence-corrected chi connectivity index (χ1v) is 39.1. The molecule has 0 unspecified atom stereocenters. The zero-order valence-electron chi connectivity index (χ0n) is 70.9. The molecule has 0 fully saturated rings. The summed E-state index contributed by atoms with van der Waals surface area (Å²) in [7, 11) is 0. The zero-order valence-corrected chi connectivity index (χ0v) is 82.4. The molecule has 36 heteroatoms. The van der Waals surface area contributed by atoms with Gasteiger partial charge in [-0.3, -0.25) is 29.4 Å². The molecule has 0 saturated carbocycles. The van der Waals surface area contributed by atoms with E-state index in [9.17, 15) is 0 Å². The quantitative estimate of drug-likeness (QED) is 0.00987. The molecular weight excluding hydrogens is 1900 g/mol. The Hall–Kier alpha value is -3.48. The maximum absolute atomic E-state index is 8.94. The predicted molar refractivity (Wildman–Crippen MR) is 488 cm³/mol. The Morgan fingerprint density at radius 3 is 0.358 bits per heavy atom. The van der Waals surface area contributed by atoms with Gasteiger partial charge in [-0.05, 0) is 150 Å². The summed E-state index contributed by atoms with van der Waals surface area (Å²) in [5, 5.41) is 158. The molecule has 0 heterocycles. The van der Waals surface area contributed by atoms with Gasteiger partial charge in [-0.1, -0.05) is 216 Å². The minimum atomic E-state index is 0. The first-order valence-electron chi connectivity index (χ1n) is 36.6. The summed E-state index contributed by atoms with van der Waals surface area (Å²) >= 11 is 22.2. The number of thiocarbonyl (C=S) groups is 6. The van der Waals surface area contributed by atoms with Crippen molar-refractivity contribution in [1.29, 1.82) is 0 Å². The van der Waals surface area contributed by atoms with E-state index in [4.69, 9.17) is 93.7 Å². The molecule has 672 valence electrons. The van der Waals surface area contributed by atoms with Crippen LogP contribution in [0.2, 0.25) is 0 Å². The van der Waals surface area contributed by atoms with E-state index >= 15 is 0 Å². The SMILES string of the molecule is Cc1ccc(C)c(CN(CCO)CCO)c1.Cc1ccc(C)c(CN(CCO)CCO)c1.Cc1ccc(C)c(CN(CCO)CCO)c1.Cc1ccc(C)c(CN(CCO)CCO)c1.Cc1ccc(C)c(CN(CCO)CCO)c1.Cc1ccc(C)c(CN(CCO)CCO)c1.[Fe+2].[Fe+2].[Fe+2].[Fe+2].[Fe+2].[Fe+2].[N-]=C=S.[N-]=C=S.[N-]=C=S.[N-]=C=S.[N-]=C=S.[N-]=C=S. The van der Waals surface area contributed by atoms with Crippen LogP contribution in [0.5, 0.6) is 0 Å². The van der Waals surface area contributed by atoms with E-state index in [0.29, 0.717) is 78.5 Å². The first kappa shape index (κ1) is 142. The summed E-state index contributed by atoms with van der Waals surface area (Å²) in [5.74, 6) is 0. The third kappa shape index (κ3) is 81.6. The van der Waals surface area contributed by atoms with Gasteiger partial charge < -0.3 is 93.7 Å². The molecule has 6 rings (SSSR count). The largest absolute Gasteiger partial charge is 2.00 e. The Labute approximate surface area is 811 Å². The fraction of sp³-hybridized carbons (Fsp3) is 0.500. The van der Waals surface area contributed by atoms with Crippen LogP contribution in [0, 0.1) is 83.1 Å². The van der Waals surface area contributed by atoms with Crippen LogP contribution in [0.15, 0.2) is 109 Å². The van der Waals surface area contributed by atoms with Crippen LogP contribution in [0.4, 0.5) is 0 Å². The van der Waals surface area contributed by atoms with E-state index < -0.39 is 0 Å². The summed E-state index contributed by atoms with van der Waals surface area (Å²) < 4.78 is 0. The molecular formula is C84H126Fe6N12O12S6+6. The van der Waals surface area contributed by atoms with E-state index in [-0.39, 0.29) is 182 Å². The molecule has 0 atom stereocenters. The molecule has 0 saturated heterocycles. The van der Waals surface area contributed by atoms with Crippen molar-refractivity contribution in [2.75, 3.05) is 158 Å². The van der Waals surface area contributed by atoms with Crippen LogP contribution in [0.3, 0.4) is 0 Å². The van der Waals surface area contributed by atoms with Crippen molar-refractivity contribution in [3.8, 4) is 0 Å². The molecule has 0 aliphatic rings. The number of aliphatic hydroxyl groups excluding tert-OH is 12. The van der Waals surface area contributed by atoms with E-state index in [1.54, 1.807) is 0 Å². The van der Waals surface area contributed by atoms with Gasteiger partial charge in [-0.25, -0.2) is 0 Å². The second kappa shape index (κ2) is 101. The molecule has 0 aromatic heterocycles. The second-order valence-corrected chi connectivity index (χ2v) is 26.6. The van der Waals surface area contributed by atoms with E-state index in [1.165, 1.54) is 131 Å². The van der Waals surface area contributed by atoms with Crippen molar-refractivity contribution in [2.45, 2.75) is 122 Å². The van der Waals surface area contributed by atoms with Gasteiger partial charge >= 0.3 is 102 Å². The van der Waals surface area contributed by atoms with Crippen LogP contribution in [-0.4, -0.2) is 279 Å². The molecule has 24 nitrogen and oxygen atoms in total. The predicted octanol–water partition coefficient (Wildman–Crippen LogP) is 10.5. The van der Waals surface area contributed by atoms with Gasteiger partial charge in [0, 0.05) is 118 Å². The Morgan fingerprint density at radius 1 is 0.200 bits per heavy atom. The summed E-state index contributed by atoms with van der Waals surface area (Å²) in [4.78, 5) is 12.3. The van der Waals surface area contributed by atoms with E-state index in [0.717, 1.165) is 39.3 Å². The number of nitrogens with zero attached hydrogens (tertiary/aromatic N) is 12. The molecule has 6 aromatic carbocycles. The van der Waals surface area contributed by atoms with Crippen LogP contribution in [-0.2, 0) is 142 Å². The monoisotopic (exact) mass is 2020 g/mol. The van der Waals surface area contributed by atoms with Gasteiger partial charge in [0.25, 0.3) is 0 Å². The Bertz CT molecular complexity index is 3030. The van der Waals surface area contributed by atoms with Crippen LogP contribution >= 0.6 is 73.3 Å². The molecule has 0 aliphatic heterocycles. The molecule has 0 bridgehead atoms. The van der Waals surface area contributed by atoms with Crippen LogP contribution in [0.1, 0.15) is 100 Å². The third-order valence-electron chi connectivity index (χ3n) is 16.4. The first-order chi connectivity index (χ1) is 54.5. The second-order valence-electron chi connectivity index (χ2n) is 25.5. The molecule has 0 aliphatic carbocycles. The smallest absolute Gasteiger partial charge is 0.753 e. The normalized spacial score (nSPS) is 9.25. The van der Waals surface area contributed by atoms with Gasteiger partial charge in [-0.15, -0.1) is 0 Å². The minimum Gasteiger partial charge on any atom is -0.753 e. The van der Waals surface area contributed by atoms with Gasteiger partial charge in [0.2, 0.25) is 0 Å². The maximum atomic E-state index is 8.94. The summed E-state index contributed by atoms with van der Waals surface area (Å²) in [6, 6.07) is 38.2. The fourth-order valence-corrected chi connectivity index (χ4v) is 10.6. The molecule has 0 amide bonds. The van der Waals surface area contributed by atoms with Gasteiger partial charge in [0.1, 0.15) is 0 Å². The average Bonchev–Trinajstić information content (AvgIpc) is 0.911. The Balaban J connectivity index is -0.000000111. The number of isothiocyanates is 6. The molecule has 0 spiro atoms. The number of aliphatic hydroxyl groups is 12. The molecule has 12 N–H and O–H groups in total. The fourth-order valence-electron chi connectivity index (χ4n) is 10.6. The van der Waals surface area contributed by atoms with Gasteiger partial charge in [0.15, 0.2) is 0 Å². The Kier molecular flexibility index (Phi) is 120. The van der Waals surface area contributed by atoms with Gasteiger partial charge in [-0.2, -0.15) is 31.0 Å². The van der Waals surface area contributed by atoms with Crippen molar-refractivity contribution in [2.24, 2.45) is 0 Å². The topological polar surface area (TPSA) is 396 Å². The van der Waals surface area contributed by atoms with Crippen molar-refractivity contribution < 1.29 is 164 Å². The number of aryl methyl sites for hydroxylation is 12. The Morgan fingerprint density at radius 2 is 0.283 bits per heavy atom. The average molecular weight is 2020 g/mol. The van der Waals surface area contributed by atoms with Crippen molar-refractivity contribution in [1.82, 2.24) is 29.4 Å². The van der Waals surface area contributed by atoms with Crippen molar-refractivity contribution >= 4 is 104 Å². The summed E-state index contributed by atoms with van der Waals surface area (Å²) in [6.07, 6.45) is 0. The zero-order chi connectivity index (χ0) is 88.0. The summed E-state index contributed by atoms with van der Waals surface area (Å²) in [5.41, 5.74) is 22.6. The van der Waals surface area contributed by atoms with Crippen molar-refractivity contribution in [3.05, 3.63) is 242 Å². The minimum absolute atomic E-state index is 0. The third-order valence-corrected chi connectivity index (χ3v) is 16.4. The van der Waals surface area contributed by atoms with E-state index in [1.807, 2.05) is 0 Å². The number of benzene rings is 6. The molecule has 0 radical (unpaired) electrons. The van der Waals surface area contributed by atoms with E-state index in [2.05, 4.69) is 295 Å². The van der Waals surface area contributed by atoms with Crippen LogP contribution in [0.25, 0.3) is 32.5 Å².